The minimum atomic E-state index is -0.0322. The van der Waals surface area contributed by atoms with Gasteiger partial charge in [-0.05, 0) is 35.6 Å². The van der Waals surface area contributed by atoms with E-state index in [2.05, 4.69) is 50.9 Å². The molecule has 108 valence electrons. The first kappa shape index (κ1) is 15.1. The molecule has 0 spiro atoms. The van der Waals surface area contributed by atoms with E-state index in [0.717, 1.165) is 17.7 Å². The predicted octanol–water partition coefficient (Wildman–Crippen LogP) is 4.61. The van der Waals surface area contributed by atoms with Crippen molar-refractivity contribution in [2.75, 3.05) is 0 Å². The van der Waals surface area contributed by atoms with Gasteiger partial charge >= 0.3 is 0 Å². The van der Waals surface area contributed by atoms with Gasteiger partial charge in [-0.25, -0.2) is 4.98 Å². The molecule has 3 nitrogen and oxygen atoms in total. The Morgan fingerprint density at radius 2 is 1.95 bits per heavy atom. The van der Waals surface area contributed by atoms with Crippen LogP contribution in [0, 0.1) is 11.3 Å². The van der Waals surface area contributed by atoms with Crippen LogP contribution in [0.3, 0.4) is 0 Å². The number of benzene rings is 1. The van der Waals surface area contributed by atoms with Gasteiger partial charge in [0, 0.05) is 11.8 Å². The number of nitrogens with zero attached hydrogens (tertiary/aromatic N) is 2. The van der Waals surface area contributed by atoms with Gasteiger partial charge in [0.1, 0.15) is 11.8 Å². The van der Waals surface area contributed by atoms with E-state index in [1.807, 2.05) is 6.07 Å². The third-order valence-electron chi connectivity index (χ3n) is 3.36. The smallest absolute Gasteiger partial charge is 0.183 e. The van der Waals surface area contributed by atoms with Crippen LogP contribution in [0.1, 0.15) is 44.5 Å². The highest BCUT2D eigenvalue weighted by Gasteiger charge is 2.20. The second-order valence-electron chi connectivity index (χ2n) is 6.00. The Balaban J connectivity index is 2.47. The summed E-state index contributed by atoms with van der Waals surface area (Å²) in [4.78, 5) is 4.03. The van der Waals surface area contributed by atoms with Gasteiger partial charge < -0.3 is 4.74 Å². The van der Waals surface area contributed by atoms with E-state index in [1.54, 1.807) is 18.3 Å². The van der Waals surface area contributed by atoms with E-state index < -0.39 is 0 Å². The summed E-state index contributed by atoms with van der Waals surface area (Å²) in [7, 11) is 0. The van der Waals surface area contributed by atoms with E-state index in [9.17, 15) is 0 Å². The van der Waals surface area contributed by atoms with Gasteiger partial charge in [-0.3, -0.25) is 0 Å². The maximum Gasteiger partial charge on any atom is 0.183 e. The number of rotatable bonds is 3. The summed E-state index contributed by atoms with van der Waals surface area (Å²) in [6.45, 7) is 8.60. The monoisotopic (exact) mass is 280 g/mol. The third-order valence-corrected chi connectivity index (χ3v) is 3.36. The number of nitriles is 1. The molecule has 0 aliphatic carbocycles. The summed E-state index contributed by atoms with van der Waals surface area (Å²) in [5.41, 5.74) is 2.68. The predicted molar refractivity (Wildman–Crippen MR) is 83.5 cm³/mol. The second-order valence-corrected chi connectivity index (χ2v) is 6.00. The fourth-order valence-electron chi connectivity index (χ4n) is 2.15. The molecule has 0 bridgehead atoms. The molecule has 0 saturated heterocycles. The van der Waals surface area contributed by atoms with E-state index in [-0.39, 0.29) is 5.41 Å². The van der Waals surface area contributed by atoms with Crippen LogP contribution >= 0.6 is 0 Å². The van der Waals surface area contributed by atoms with Crippen molar-refractivity contribution in [3.8, 4) is 17.6 Å². The fourth-order valence-corrected chi connectivity index (χ4v) is 2.15. The zero-order valence-corrected chi connectivity index (χ0v) is 13.0. The SMILES string of the molecule is CCc1ccc(Oc2cccnc2C#N)c(C(C)(C)C)c1. The normalized spacial score (nSPS) is 11.0. The van der Waals surface area contributed by atoms with Crippen molar-refractivity contribution >= 4 is 0 Å². The van der Waals surface area contributed by atoms with Gasteiger partial charge in [-0.1, -0.05) is 39.8 Å². The van der Waals surface area contributed by atoms with Crippen LogP contribution in [-0.4, -0.2) is 4.98 Å². The van der Waals surface area contributed by atoms with Crippen LogP contribution in [0.5, 0.6) is 11.5 Å². The maximum absolute atomic E-state index is 9.12. The van der Waals surface area contributed by atoms with E-state index in [0.29, 0.717) is 11.4 Å². The first-order chi connectivity index (χ1) is 9.95. The van der Waals surface area contributed by atoms with Crippen molar-refractivity contribution in [1.82, 2.24) is 4.98 Å². The minimum Gasteiger partial charge on any atom is -0.454 e. The van der Waals surface area contributed by atoms with Gasteiger partial charge in [0.05, 0.1) is 0 Å². The molecule has 0 saturated carbocycles. The van der Waals surface area contributed by atoms with Crippen LogP contribution in [0.25, 0.3) is 0 Å². The van der Waals surface area contributed by atoms with Crippen LogP contribution in [0.15, 0.2) is 36.5 Å². The number of ether oxygens (including phenoxy) is 1. The van der Waals surface area contributed by atoms with Crippen molar-refractivity contribution in [3.63, 3.8) is 0 Å². The second kappa shape index (κ2) is 5.97. The zero-order valence-electron chi connectivity index (χ0n) is 13.0. The number of hydrogen-bond acceptors (Lipinski definition) is 3. The quantitative estimate of drug-likeness (QED) is 0.825. The summed E-state index contributed by atoms with van der Waals surface area (Å²) in [6, 6.07) is 11.8. The van der Waals surface area contributed by atoms with Gasteiger partial charge in [-0.2, -0.15) is 5.26 Å². The highest BCUT2D eigenvalue weighted by molar-refractivity contribution is 5.46. The van der Waals surface area contributed by atoms with E-state index in [4.69, 9.17) is 10.00 Å². The lowest BCUT2D eigenvalue weighted by Gasteiger charge is -2.23. The molecule has 0 fully saturated rings. The molecule has 1 aromatic carbocycles. The van der Waals surface area contributed by atoms with Crippen LogP contribution in [-0.2, 0) is 11.8 Å². The number of pyridine rings is 1. The average Bonchev–Trinajstić information content (AvgIpc) is 2.47. The summed E-state index contributed by atoms with van der Waals surface area (Å²) in [6.07, 6.45) is 2.58. The van der Waals surface area contributed by atoms with Crippen LogP contribution in [0.2, 0.25) is 0 Å². The van der Waals surface area contributed by atoms with Gasteiger partial charge in [0.15, 0.2) is 11.4 Å². The Bertz CT molecular complexity index is 678. The summed E-state index contributed by atoms with van der Waals surface area (Å²) >= 11 is 0. The Morgan fingerprint density at radius 1 is 1.19 bits per heavy atom. The topological polar surface area (TPSA) is 45.9 Å². The van der Waals surface area contributed by atoms with Crippen LogP contribution < -0.4 is 4.74 Å². The van der Waals surface area contributed by atoms with Crippen molar-refractivity contribution in [1.29, 1.82) is 5.26 Å². The van der Waals surface area contributed by atoms with Crippen LogP contribution in [0.4, 0.5) is 0 Å². The Labute approximate surface area is 126 Å². The molecule has 0 N–H and O–H groups in total. The van der Waals surface area contributed by atoms with Crippen molar-refractivity contribution in [2.24, 2.45) is 0 Å². The lowest BCUT2D eigenvalue weighted by molar-refractivity contribution is 0.451. The lowest BCUT2D eigenvalue weighted by atomic mass is 9.85. The molecule has 3 heteroatoms. The fraction of sp³-hybridized carbons (Fsp3) is 0.333. The standard InChI is InChI=1S/C18H20N2O/c1-5-13-8-9-16(14(11-13)18(2,3)4)21-17-7-6-10-20-15(17)12-19/h6-11H,5H2,1-4H3. The van der Waals surface area contributed by atoms with Gasteiger partial charge in [-0.15, -0.1) is 0 Å². The van der Waals surface area contributed by atoms with Gasteiger partial charge in [0.2, 0.25) is 0 Å². The Hall–Kier alpha value is -2.34. The molecule has 1 heterocycles. The molecule has 0 aliphatic rings. The first-order valence-corrected chi connectivity index (χ1v) is 7.12. The lowest BCUT2D eigenvalue weighted by Crippen LogP contribution is -2.13. The molecular weight excluding hydrogens is 260 g/mol. The Kier molecular flexibility index (Phi) is 4.28. The van der Waals surface area contributed by atoms with Crippen molar-refractivity contribution in [2.45, 2.75) is 39.5 Å². The third kappa shape index (κ3) is 3.41. The van der Waals surface area contributed by atoms with Crippen molar-refractivity contribution < 1.29 is 4.74 Å². The molecule has 21 heavy (non-hydrogen) atoms. The van der Waals surface area contributed by atoms with E-state index >= 15 is 0 Å². The first-order valence-electron chi connectivity index (χ1n) is 7.12. The molecule has 0 unspecified atom stereocenters. The number of aryl methyl sites for hydroxylation is 1. The summed E-state index contributed by atoms with van der Waals surface area (Å²) in [5, 5.41) is 9.12. The van der Waals surface area contributed by atoms with E-state index in [1.165, 1.54) is 5.56 Å². The summed E-state index contributed by atoms with van der Waals surface area (Å²) < 4.78 is 5.97. The molecule has 1 aromatic heterocycles. The number of hydrogen-bond donors (Lipinski definition) is 0. The molecule has 0 amide bonds. The minimum absolute atomic E-state index is 0.0322. The highest BCUT2D eigenvalue weighted by Crippen LogP contribution is 2.35. The molecular formula is C18H20N2O. The van der Waals surface area contributed by atoms with Crippen molar-refractivity contribution in [3.05, 3.63) is 53.3 Å². The zero-order chi connectivity index (χ0) is 15.5. The maximum atomic E-state index is 9.12. The number of aromatic nitrogens is 1. The molecule has 2 rings (SSSR count). The summed E-state index contributed by atoms with van der Waals surface area (Å²) in [5.74, 6) is 1.28. The largest absolute Gasteiger partial charge is 0.454 e. The molecule has 2 aromatic rings. The molecule has 0 atom stereocenters. The van der Waals surface area contributed by atoms with Gasteiger partial charge in [0.25, 0.3) is 0 Å². The molecule has 0 aliphatic heterocycles. The Morgan fingerprint density at radius 3 is 2.57 bits per heavy atom. The molecule has 0 radical (unpaired) electrons. The average molecular weight is 280 g/mol. The highest BCUT2D eigenvalue weighted by atomic mass is 16.5.